The highest BCUT2D eigenvalue weighted by Crippen LogP contribution is 2.18. The van der Waals surface area contributed by atoms with Gasteiger partial charge >= 0.3 is 0 Å². The van der Waals surface area contributed by atoms with E-state index in [1.807, 2.05) is 31.2 Å². The largest absolute Gasteiger partial charge is 0.399 e. The molecule has 0 amide bonds. The lowest BCUT2D eigenvalue weighted by Crippen LogP contribution is -2.00. The summed E-state index contributed by atoms with van der Waals surface area (Å²) in [5.41, 5.74) is 8.31. The molecule has 0 aliphatic rings. The fourth-order valence-corrected chi connectivity index (χ4v) is 2.91. The van der Waals surface area contributed by atoms with Crippen molar-refractivity contribution < 1.29 is 4.21 Å². The molecule has 3 nitrogen and oxygen atoms in total. The molecule has 1 heterocycles. The fourth-order valence-electron chi connectivity index (χ4n) is 1.64. The molecule has 1 aromatic carbocycles. The van der Waals surface area contributed by atoms with E-state index in [2.05, 4.69) is 4.98 Å². The van der Waals surface area contributed by atoms with Gasteiger partial charge in [-0.05, 0) is 42.3 Å². The quantitative estimate of drug-likeness (QED) is 0.845. The Hall–Kier alpha value is -1.68. The van der Waals surface area contributed by atoms with E-state index in [0.717, 1.165) is 16.0 Å². The Morgan fingerprint density at radius 2 is 2.18 bits per heavy atom. The Balaban J connectivity index is 2.21. The Labute approximate surface area is 103 Å². The zero-order valence-electron chi connectivity index (χ0n) is 9.59. The number of pyridine rings is 1. The lowest BCUT2D eigenvalue weighted by atomic mass is 10.2. The second-order valence-corrected chi connectivity index (χ2v) is 5.30. The Morgan fingerprint density at radius 1 is 1.35 bits per heavy atom. The third-order valence-corrected chi connectivity index (χ3v) is 4.01. The lowest BCUT2D eigenvalue weighted by molar-refractivity contribution is 0.682. The van der Waals surface area contributed by atoms with Crippen LogP contribution >= 0.6 is 0 Å². The molecule has 0 spiro atoms. The number of nitrogens with two attached hydrogens (primary N) is 1. The zero-order valence-corrected chi connectivity index (χ0v) is 10.4. The zero-order chi connectivity index (χ0) is 12.3. The van der Waals surface area contributed by atoms with Crippen LogP contribution in [0.25, 0.3) is 0 Å². The third kappa shape index (κ3) is 2.91. The first-order valence-electron chi connectivity index (χ1n) is 5.30. The molecule has 1 atom stereocenters. The van der Waals surface area contributed by atoms with Gasteiger partial charge in [-0.15, -0.1) is 0 Å². The number of hydrogen-bond acceptors (Lipinski definition) is 3. The summed E-state index contributed by atoms with van der Waals surface area (Å²) in [6.45, 7) is 1.92. The molecule has 1 aromatic heterocycles. The molecule has 88 valence electrons. The SMILES string of the molecule is Cc1cc(N)ccc1S(=O)Cc1cccnc1. The Bertz CT molecular complexity index is 540. The van der Waals surface area contributed by atoms with Gasteiger partial charge in [-0.25, -0.2) is 0 Å². The maximum atomic E-state index is 12.2. The highest BCUT2D eigenvalue weighted by atomic mass is 32.2. The molecular weight excluding hydrogens is 232 g/mol. The highest BCUT2D eigenvalue weighted by molar-refractivity contribution is 7.84. The van der Waals surface area contributed by atoms with Crippen LogP contribution in [0.4, 0.5) is 5.69 Å². The number of aryl methyl sites for hydroxylation is 1. The summed E-state index contributed by atoms with van der Waals surface area (Å²) in [4.78, 5) is 4.85. The van der Waals surface area contributed by atoms with E-state index in [9.17, 15) is 4.21 Å². The van der Waals surface area contributed by atoms with E-state index < -0.39 is 10.8 Å². The molecule has 2 aromatic rings. The van der Waals surface area contributed by atoms with E-state index in [1.165, 1.54) is 0 Å². The number of anilines is 1. The van der Waals surface area contributed by atoms with Gasteiger partial charge in [0.1, 0.15) is 0 Å². The van der Waals surface area contributed by atoms with Crippen LogP contribution in [0.2, 0.25) is 0 Å². The van der Waals surface area contributed by atoms with E-state index in [-0.39, 0.29) is 0 Å². The summed E-state index contributed by atoms with van der Waals surface area (Å²) in [6.07, 6.45) is 3.45. The average Bonchev–Trinajstić information content (AvgIpc) is 2.30. The van der Waals surface area contributed by atoms with E-state index in [0.29, 0.717) is 11.4 Å². The van der Waals surface area contributed by atoms with Gasteiger partial charge < -0.3 is 5.73 Å². The molecular formula is C13H14N2OS. The van der Waals surface area contributed by atoms with Crippen molar-refractivity contribution in [3.8, 4) is 0 Å². The topological polar surface area (TPSA) is 56.0 Å². The highest BCUT2D eigenvalue weighted by Gasteiger charge is 2.08. The van der Waals surface area contributed by atoms with Gasteiger partial charge in [-0.2, -0.15) is 0 Å². The maximum absolute atomic E-state index is 12.2. The summed E-state index contributed by atoms with van der Waals surface area (Å²) in [5.74, 6) is 0.485. The maximum Gasteiger partial charge on any atom is 0.0577 e. The van der Waals surface area contributed by atoms with E-state index in [4.69, 9.17) is 5.73 Å². The van der Waals surface area contributed by atoms with Gasteiger partial charge in [-0.3, -0.25) is 9.19 Å². The monoisotopic (exact) mass is 246 g/mol. The molecule has 2 rings (SSSR count). The standard InChI is InChI=1S/C13H14N2OS/c1-10-7-12(14)4-5-13(10)17(16)9-11-3-2-6-15-8-11/h2-8H,9,14H2,1H3. The van der Waals surface area contributed by atoms with Gasteiger partial charge in [0.25, 0.3) is 0 Å². The van der Waals surface area contributed by atoms with Crippen molar-refractivity contribution in [1.29, 1.82) is 0 Å². The molecule has 0 bridgehead atoms. The van der Waals surface area contributed by atoms with Crippen LogP contribution in [0.3, 0.4) is 0 Å². The molecule has 0 fully saturated rings. The number of hydrogen-bond donors (Lipinski definition) is 1. The molecule has 2 N–H and O–H groups in total. The van der Waals surface area contributed by atoms with Crippen molar-refractivity contribution in [1.82, 2.24) is 4.98 Å². The van der Waals surface area contributed by atoms with Gasteiger partial charge in [0, 0.05) is 23.0 Å². The second-order valence-electron chi connectivity index (χ2n) is 3.88. The molecule has 17 heavy (non-hydrogen) atoms. The number of aromatic nitrogens is 1. The van der Waals surface area contributed by atoms with Crippen molar-refractivity contribution >= 4 is 16.5 Å². The van der Waals surface area contributed by atoms with E-state index in [1.54, 1.807) is 18.5 Å². The summed E-state index contributed by atoms with van der Waals surface area (Å²) in [7, 11) is -1.05. The minimum absolute atomic E-state index is 0.485. The van der Waals surface area contributed by atoms with Crippen molar-refractivity contribution in [2.75, 3.05) is 5.73 Å². The van der Waals surface area contributed by atoms with Crippen LogP contribution < -0.4 is 5.73 Å². The summed E-state index contributed by atoms with van der Waals surface area (Å²) in [5, 5.41) is 0. The van der Waals surface area contributed by atoms with Gasteiger partial charge in [0.15, 0.2) is 0 Å². The molecule has 1 unspecified atom stereocenters. The molecule has 0 aliphatic heterocycles. The predicted molar refractivity (Wildman–Crippen MR) is 69.9 cm³/mol. The molecule has 0 aliphatic carbocycles. The summed E-state index contributed by atoms with van der Waals surface area (Å²) in [6, 6.07) is 9.23. The molecule has 0 radical (unpaired) electrons. The first kappa shape index (κ1) is 11.8. The Kier molecular flexibility index (Phi) is 3.54. The second kappa shape index (κ2) is 5.10. The van der Waals surface area contributed by atoms with Gasteiger partial charge in [0.2, 0.25) is 0 Å². The minimum atomic E-state index is -1.05. The predicted octanol–water partition coefficient (Wildman–Crippen LogP) is 2.28. The van der Waals surface area contributed by atoms with Crippen molar-refractivity contribution in [3.63, 3.8) is 0 Å². The van der Waals surface area contributed by atoms with Crippen molar-refractivity contribution in [2.24, 2.45) is 0 Å². The molecule has 0 saturated heterocycles. The molecule has 4 heteroatoms. The minimum Gasteiger partial charge on any atom is -0.399 e. The van der Waals surface area contributed by atoms with Crippen LogP contribution in [0.5, 0.6) is 0 Å². The fraction of sp³-hybridized carbons (Fsp3) is 0.154. The van der Waals surface area contributed by atoms with Crippen LogP contribution in [0, 0.1) is 6.92 Å². The first-order valence-corrected chi connectivity index (χ1v) is 6.62. The number of rotatable bonds is 3. The van der Waals surface area contributed by atoms with Crippen molar-refractivity contribution in [3.05, 3.63) is 53.9 Å². The van der Waals surface area contributed by atoms with E-state index >= 15 is 0 Å². The smallest absolute Gasteiger partial charge is 0.0577 e. The average molecular weight is 246 g/mol. The normalized spacial score (nSPS) is 12.3. The number of nitrogens with zero attached hydrogens (tertiary/aromatic N) is 1. The number of benzene rings is 1. The van der Waals surface area contributed by atoms with Crippen molar-refractivity contribution in [2.45, 2.75) is 17.6 Å². The van der Waals surface area contributed by atoms with Crippen LogP contribution in [0.15, 0.2) is 47.6 Å². The molecule has 0 saturated carbocycles. The van der Waals surface area contributed by atoms with Crippen LogP contribution in [0.1, 0.15) is 11.1 Å². The number of nitrogen functional groups attached to an aromatic ring is 1. The van der Waals surface area contributed by atoms with Crippen LogP contribution in [-0.4, -0.2) is 9.19 Å². The first-order chi connectivity index (χ1) is 8.16. The Morgan fingerprint density at radius 3 is 2.82 bits per heavy atom. The van der Waals surface area contributed by atoms with Gasteiger partial charge in [0.05, 0.1) is 16.6 Å². The lowest BCUT2D eigenvalue weighted by Gasteiger charge is -2.06. The van der Waals surface area contributed by atoms with Gasteiger partial charge in [-0.1, -0.05) is 6.07 Å². The summed E-state index contributed by atoms with van der Waals surface area (Å²) < 4.78 is 12.2. The van der Waals surface area contributed by atoms with Crippen LogP contribution in [-0.2, 0) is 16.6 Å². The summed E-state index contributed by atoms with van der Waals surface area (Å²) >= 11 is 0. The third-order valence-electron chi connectivity index (χ3n) is 2.46.